The van der Waals surface area contributed by atoms with Crippen LogP contribution in [0.1, 0.15) is 5.69 Å². The number of carbonyl (C=O) groups excluding carboxylic acids is 1. The maximum atomic E-state index is 10.8. The molecular weight excluding hydrogens is 230 g/mol. The van der Waals surface area contributed by atoms with Crippen LogP contribution in [0.5, 0.6) is 11.5 Å². The molecule has 5 nitrogen and oxygen atoms in total. The SMILES string of the molecule is NC(=O)Cc1cc(Oc2ccc(N)cc2)ccn1. The summed E-state index contributed by atoms with van der Waals surface area (Å²) in [5.41, 5.74) is 11.9. The third-order valence-corrected chi connectivity index (χ3v) is 2.26. The maximum absolute atomic E-state index is 10.8. The summed E-state index contributed by atoms with van der Waals surface area (Å²) >= 11 is 0. The quantitative estimate of drug-likeness (QED) is 0.796. The third-order valence-electron chi connectivity index (χ3n) is 2.26. The number of hydrogen-bond donors (Lipinski definition) is 2. The first-order chi connectivity index (χ1) is 8.63. The maximum Gasteiger partial charge on any atom is 0.223 e. The highest BCUT2D eigenvalue weighted by molar-refractivity contribution is 5.76. The van der Waals surface area contributed by atoms with Gasteiger partial charge in [0.1, 0.15) is 11.5 Å². The second kappa shape index (κ2) is 5.18. The standard InChI is InChI=1S/C13H13N3O2/c14-9-1-3-11(4-2-9)18-12-5-6-16-10(7-12)8-13(15)17/h1-7H,8,14H2,(H2,15,17). The average molecular weight is 243 g/mol. The molecule has 2 aromatic rings. The lowest BCUT2D eigenvalue weighted by atomic mass is 10.2. The number of nitrogens with two attached hydrogens (primary N) is 2. The summed E-state index contributed by atoms with van der Waals surface area (Å²) in [6, 6.07) is 10.4. The Morgan fingerprint density at radius 1 is 1.17 bits per heavy atom. The first-order valence-corrected chi connectivity index (χ1v) is 5.40. The number of primary amides is 1. The van der Waals surface area contributed by atoms with Crippen molar-refractivity contribution in [2.75, 3.05) is 5.73 Å². The molecule has 1 amide bonds. The molecule has 0 fully saturated rings. The average Bonchev–Trinajstić information content (AvgIpc) is 2.32. The molecule has 2 rings (SSSR count). The van der Waals surface area contributed by atoms with Crippen LogP contribution in [0.3, 0.4) is 0 Å². The van der Waals surface area contributed by atoms with Crippen LogP contribution in [0.2, 0.25) is 0 Å². The van der Waals surface area contributed by atoms with Crippen LogP contribution in [0.4, 0.5) is 5.69 Å². The second-order valence-corrected chi connectivity index (χ2v) is 3.80. The Balaban J connectivity index is 2.13. The van der Waals surface area contributed by atoms with Gasteiger partial charge in [-0.05, 0) is 30.3 Å². The van der Waals surface area contributed by atoms with Crippen molar-refractivity contribution in [2.24, 2.45) is 5.73 Å². The van der Waals surface area contributed by atoms with Gasteiger partial charge in [0.15, 0.2) is 0 Å². The van der Waals surface area contributed by atoms with Crippen LogP contribution >= 0.6 is 0 Å². The summed E-state index contributed by atoms with van der Waals surface area (Å²) in [6.07, 6.45) is 1.67. The number of rotatable bonds is 4. The summed E-state index contributed by atoms with van der Waals surface area (Å²) in [4.78, 5) is 14.8. The molecule has 0 aliphatic rings. The number of ether oxygens (including phenoxy) is 1. The number of hydrogen-bond acceptors (Lipinski definition) is 4. The summed E-state index contributed by atoms with van der Waals surface area (Å²) in [5, 5.41) is 0. The molecule has 0 saturated heterocycles. The van der Waals surface area contributed by atoms with E-state index < -0.39 is 5.91 Å². The number of aromatic nitrogens is 1. The van der Waals surface area contributed by atoms with Crippen LogP contribution in [-0.4, -0.2) is 10.9 Å². The smallest absolute Gasteiger partial charge is 0.223 e. The normalized spacial score (nSPS) is 10.0. The van der Waals surface area contributed by atoms with Gasteiger partial charge < -0.3 is 16.2 Å². The number of amides is 1. The van der Waals surface area contributed by atoms with Crippen molar-refractivity contribution in [3.8, 4) is 11.5 Å². The first-order valence-electron chi connectivity index (χ1n) is 5.40. The largest absolute Gasteiger partial charge is 0.457 e. The Hall–Kier alpha value is -2.56. The molecule has 1 aromatic carbocycles. The fraction of sp³-hybridized carbons (Fsp3) is 0.0769. The van der Waals surface area contributed by atoms with Gasteiger partial charge in [-0.1, -0.05) is 0 Å². The molecule has 0 atom stereocenters. The lowest BCUT2D eigenvalue weighted by Crippen LogP contribution is -2.14. The molecule has 0 bridgehead atoms. The predicted octanol–water partition coefficient (Wildman–Crippen LogP) is 1.48. The van der Waals surface area contributed by atoms with Crippen LogP contribution in [-0.2, 0) is 11.2 Å². The summed E-state index contributed by atoms with van der Waals surface area (Å²) in [6.45, 7) is 0. The van der Waals surface area contributed by atoms with Gasteiger partial charge in [0, 0.05) is 18.0 Å². The molecule has 4 N–H and O–H groups in total. The van der Waals surface area contributed by atoms with Crippen LogP contribution in [0, 0.1) is 0 Å². The molecule has 0 aliphatic carbocycles. The minimum atomic E-state index is -0.424. The fourth-order valence-corrected chi connectivity index (χ4v) is 1.47. The van der Waals surface area contributed by atoms with Gasteiger partial charge in [-0.25, -0.2) is 0 Å². The molecule has 92 valence electrons. The van der Waals surface area contributed by atoms with E-state index in [1.807, 2.05) is 0 Å². The highest BCUT2D eigenvalue weighted by Gasteiger charge is 2.03. The number of nitrogen functional groups attached to an aromatic ring is 1. The minimum Gasteiger partial charge on any atom is -0.457 e. The van der Waals surface area contributed by atoms with Gasteiger partial charge in [-0.3, -0.25) is 9.78 Å². The number of benzene rings is 1. The zero-order valence-electron chi connectivity index (χ0n) is 9.67. The first kappa shape index (κ1) is 11.9. The van der Waals surface area contributed by atoms with E-state index in [9.17, 15) is 4.79 Å². The Kier molecular flexibility index (Phi) is 3.43. The third kappa shape index (κ3) is 3.21. The lowest BCUT2D eigenvalue weighted by molar-refractivity contribution is -0.117. The van der Waals surface area contributed by atoms with E-state index in [4.69, 9.17) is 16.2 Å². The molecule has 0 radical (unpaired) electrons. The van der Waals surface area contributed by atoms with Gasteiger partial charge in [0.05, 0.1) is 12.1 Å². The van der Waals surface area contributed by atoms with E-state index in [1.54, 1.807) is 42.6 Å². The van der Waals surface area contributed by atoms with E-state index in [-0.39, 0.29) is 6.42 Å². The Morgan fingerprint density at radius 3 is 2.56 bits per heavy atom. The second-order valence-electron chi connectivity index (χ2n) is 3.80. The molecule has 0 saturated carbocycles. The Bertz CT molecular complexity index is 552. The molecule has 1 heterocycles. The number of carbonyl (C=O) groups is 1. The highest BCUT2D eigenvalue weighted by atomic mass is 16.5. The number of anilines is 1. The van der Waals surface area contributed by atoms with Gasteiger partial charge in [-0.15, -0.1) is 0 Å². The fourth-order valence-electron chi connectivity index (χ4n) is 1.47. The summed E-state index contributed by atoms with van der Waals surface area (Å²) in [7, 11) is 0. The van der Waals surface area contributed by atoms with Crippen molar-refractivity contribution in [1.29, 1.82) is 0 Å². The number of nitrogens with zero attached hydrogens (tertiary/aromatic N) is 1. The minimum absolute atomic E-state index is 0.0962. The van der Waals surface area contributed by atoms with Crippen molar-refractivity contribution in [3.63, 3.8) is 0 Å². The van der Waals surface area contributed by atoms with E-state index in [0.29, 0.717) is 22.9 Å². The van der Waals surface area contributed by atoms with Gasteiger partial charge in [0.25, 0.3) is 0 Å². The van der Waals surface area contributed by atoms with Gasteiger partial charge >= 0.3 is 0 Å². The molecule has 0 unspecified atom stereocenters. The predicted molar refractivity (Wildman–Crippen MR) is 68.1 cm³/mol. The van der Waals surface area contributed by atoms with Crippen LogP contribution in [0.15, 0.2) is 42.6 Å². The van der Waals surface area contributed by atoms with E-state index >= 15 is 0 Å². The highest BCUT2D eigenvalue weighted by Crippen LogP contribution is 2.22. The molecular formula is C13H13N3O2. The summed E-state index contributed by atoms with van der Waals surface area (Å²) in [5.74, 6) is 0.846. The zero-order chi connectivity index (χ0) is 13.0. The Labute approximate surface area is 104 Å². The molecule has 18 heavy (non-hydrogen) atoms. The van der Waals surface area contributed by atoms with Crippen LogP contribution < -0.4 is 16.2 Å². The van der Waals surface area contributed by atoms with E-state index in [2.05, 4.69) is 4.98 Å². The van der Waals surface area contributed by atoms with Crippen molar-refractivity contribution in [2.45, 2.75) is 6.42 Å². The monoisotopic (exact) mass is 243 g/mol. The van der Waals surface area contributed by atoms with Gasteiger partial charge in [0.2, 0.25) is 5.91 Å². The summed E-state index contributed by atoms with van der Waals surface area (Å²) < 4.78 is 5.61. The van der Waals surface area contributed by atoms with Crippen molar-refractivity contribution in [3.05, 3.63) is 48.3 Å². The van der Waals surface area contributed by atoms with Crippen molar-refractivity contribution in [1.82, 2.24) is 4.98 Å². The van der Waals surface area contributed by atoms with E-state index in [0.717, 1.165) is 0 Å². The van der Waals surface area contributed by atoms with Crippen molar-refractivity contribution < 1.29 is 9.53 Å². The number of pyridine rings is 1. The van der Waals surface area contributed by atoms with Crippen LogP contribution in [0.25, 0.3) is 0 Å². The van der Waals surface area contributed by atoms with E-state index in [1.165, 1.54) is 0 Å². The molecule has 5 heteroatoms. The molecule has 0 aliphatic heterocycles. The topological polar surface area (TPSA) is 91.2 Å². The Morgan fingerprint density at radius 2 is 1.89 bits per heavy atom. The molecule has 1 aromatic heterocycles. The van der Waals surface area contributed by atoms with Gasteiger partial charge in [-0.2, -0.15) is 0 Å². The molecule has 0 spiro atoms. The van der Waals surface area contributed by atoms with Crippen molar-refractivity contribution >= 4 is 11.6 Å². The zero-order valence-corrected chi connectivity index (χ0v) is 9.67. The lowest BCUT2D eigenvalue weighted by Gasteiger charge is -2.06.